The van der Waals surface area contributed by atoms with Crippen molar-refractivity contribution in [3.05, 3.63) is 29.8 Å². The third kappa shape index (κ3) is 4.07. The summed E-state index contributed by atoms with van der Waals surface area (Å²) in [6.45, 7) is 1.30. The van der Waals surface area contributed by atoms with Gasteiger partial charge in [0.05, 0.1) is 23.0 Å². The second-order valence-corrected chi connectivity index (χ2v) is 7.43. The number of rotatable bonds is 4. The highest BCUT2D eigenvalue weighted by Crippen LogP contribution is 2.34. The van der Waals surface area contributed by atoms with Gasteiger partial charge in [-0.1, -0.05) is 0 Å². The Morgan fingerprint density at radius 2 is 1.92 bits per heavy atom. The predicted octanol–water partition coefficient (Wildman–Crippen LogP) is 2.83. The molecule has 0 radical (unpaired) electrons. The summed E-state index contributed by atoms with van der Waals surface area (Å²) in [5, 5.41) is 0. The van der Waals surface area contributed by atoms with Gasteiger partial charge in [0.25, 0.3) is 0 Å². The zero-order chi connectivity index (χ0) is 18.0. The molecule has 24 heavy (non-hydrogen) atoms. The SMILES string of the molecule is CCOC(=O)c1ccc(S(=O)(=O)N2CCC[C@H](C(F)(F)F)C2)cc1. The molecule has 0 N–H and O–H groups in total. The first kappa shape index (κ1) is 18.7. The minimum absolute atomic E-state index is 0.0501. The van der Waals surface area contributed by atoms with Gasteiger partial charge in [-0.05, 0) is 44.0 Å². The first-order valence-corrected chi connectivity index (χ1v) is 8.94. The van der Waals surface area contributed by atoms with Crippen molar-refractivity contribution in [1.29, 1.82) is 0 Å². The van der Waals surface area contributed by atoms with Crippen molar-refractivity contribution < 1.29 is 31.1 Å². The maximum atomic E-state index is 12.8. The summed E-state index contributed by atoms with van der Waals surface area (Å²) in [6.07, 6.45) is -4.33. The largest absolute Gasteiger partial charge is 0.462 e. The van der Waals surface area contributed by atoms with Crippen LogP contribution in [0.4, 0.5) is 13.2 Å². The number of sulfonamides is 1. The van der Waals surface area contributed by atoms with Crippen LogP contribution in [0.5, 0.6) is 0 Å². The summed E-state index contributed by atoms with van der Waals surface area (Å²) in [7, 11) is -4.03. The van der Waals surface area contributed by atoms with E-state index in [1.165, 1.54) is 24.3 Å². The van der Waals surface area contributed by atoms with Crippen LogP contribution in [0.1, 0.15) is 30.1 Å². The molecule has 0 bridgehead atoms. The summed E-state index contributed by atoms with van der Waals surface area (Å²) in [5.74, 6) is -2.24. The highest BCUT2D eigenvalue weighted by Gasteiger charge is 2.44. The monoisotopic (exact) mass is 365 g/mol. The van der Waals surface area contributed by atoms with Gasteiger partial charge in [0.1, 0.15) is 0 Å². The highest BCUT2D eigenvalue weighted by atomic mass is 32.2. The Hall–Kier alpha value is -1.61. The summed E-state index contributed by atoms with van der Waals surface area (Å²) >= 11 is 0. The van der Waals surface area contributed by atoms with Crippen LogP contribution in [0.3, 0.4) is 0 Å². The van der Waals surface area contributed by atoms with Crippen molar-refractivity contribution in [1.82, 2.24) is 4.31 Å². The average Bonchev–Trinajstić information content (AvgIpc) is 2.54. The fourth-order valence-electron chi connectivity index (χ4n) is 2.55. The van der Waals surface area contributed by atoms with E-state index in [2.05, 4.69) is 0 Å². The number of carbonyl (C=O) groups excluding carboxylic acids is 1. The van der Waals surface area contributed by atoms with E-state index >= 15 is 0 Å². The second kappa shape index (κ2) is 7.10. The van der Waals surface area contributed by atoms with Gasteiger partial charge in [-0.25, -0.2) is 13.2 Å². The summed E-state index contributed by atoms with van der Waals surface area (Å²) < 4.78 is 69.2. The van der Waals surface area contributed by atoms with E-state index < -0.39 is 34.6 Å². The Bertz CT molecular complexity index is 686. The Morgan fingerprint density at radius 3 is 2.46 bits per heavy atom. The van der Waals surface area contributed by atoms with Crippen molar-refractivity contribution >= 4 is 16.0 Å². The van der Waals surface area contributed by atoms with Gasteiger partial charge in [-0.15, -0.1) is 0 Å². The van der Waals surface area contributed by atoms with Crippen LogP contribution in [-0.2, 0) is 14.8 Å². The molecular formula is C15H18F3NO4S. The fourth-order valence-corrected chi connectivity index (χ4v) is 4.08. The predicted molar refractivity (Wildman–Crippen MR) is 79.9 cm³/mol. The molecule has 1 aromatic rings. The average molecular weight is 365 g/mol. The fraction of sp³-hybridized carbons (Fsp3) is 0.533. The van der Waals surface area contributed by atoms with Gasteiger partial charge in [0.2, 0.25) is 10.0 Å². The lowest BCUT2D eigenvalue weighted by Crippen LogP contribution is -2.44. The molecule has 0 saturated carbocycles. The molecule has 0 aromatic heterocycles. The Labute approximate surface area is 138 Å². The topological polar surface area (TPSA) is 63.7 Å². The second-order valence-electron chi connectivity index (χ2n) is 5.49. The van der Waals surface area contributed by atoms with Gasteiger partial charge in [0, 0.05) is 13.1 Å². The molecule has 0 amide bonds. The molecule has 0 spiro atoms. The molecule has 1 saturated heterocycles. The third-order valence-electron chi connectivity index (χ3n) is 3.85. The van der Waals surface area contributed by atoms with E-state index in [-0.39, 0.29) is 36.5 Å². The van der Waals surface area contributed by atoms with Crippen molar-refractivity contribution in [3.8, 4) is 0 Å². The molecule has 1 aliphatic rings. The zero-order valence-corrected chi connectivity index (χ0v) is 13.9. The minimum atomic E-state index is -4.41. The van der Waals surface area contributed by atoms with Crippen LogP contribution < -0.4 is 0 Å². The first-order chi connectivity index (χ1) is 11.2. The van der Waals surface area contributed by atoms with Gasteiger partial charge in [0.15, 0.2) is 0 Å². The summed E-state index contributed by atoms with van der Waals surface area (Å²) in [6, 6.07) is 4.99. The van der Waals surface area contributed by atoms with Crippen molar-refractivity contribution in [2.45, 2.75) is 30.8 Å². The molecule has 2 rings (SSSR count). The number of piperidine rings is 1. The van der Waals surface area contributed by atoms with Crippen molar-refractivity contribution in [2.24, 2.45) is 5.92 Å². The highest BCUT2D eigenvalue weighted by molar-refractivity contribution is 7.89. The molecule has 0 aliphatic carbocycles. The van der Waals surface area contributed by atoms with E-state index in [1.54, 1.807) is 6.92 Å². The van der Waals surface area contributed by atoms with E-state index in [1.807, 2.05) is 0 Å². The molecule has 1 heterocycles. The van der Waals surface area contributed by atoms with Crippen molar-refractivity contribution in [2.75, 3.05) is 19.7 Å². The maximum Gasteiger partial charge on any atom is 0.393 e. The lowest BCUT2D eigenvalue weighted by molar-refractivity contribution is -0.182. The summed E-state index contributed by atoms with van der Waals surface area (Å²) in [4.78, 5) is 11.4. The van der Waals surface area contributed by atoms with Crippen LogP contribution in [0, 0.1) is 5.92 Å². The molecule has 1 atom stereocenters. The molecule has 0 unspecified atom stereocenters. The number of halogens is 3. The smallest absolute Gasteiger partial charge is 0.393 e. The molecule has 1 fully saturated rings. The number of benzene rings is 1. The third-order valence-corrected chi connectivity index (χ3v) is 5.73. The number of carbonyl (C=O) groups is 1. The molecule has 9 heteroatoms. The Balaban J connectivity index is 2.19. The van der Waals surface area contributed by atoms with E-state index in [9.17, 15) is 26.4 Å². The molecular weight excluding hydrogens is 347 g/mol. The number of hydrogen-bond donors (Lipinski definition) is 0. The number of esters is 1. The van der Waals surface area contributed by atoms with Gasteiger partial charge in [-0.3, -0.25) is 0 Å². The molecule has 1 aromatic carbocycles. The van der Waals surface area contributed by atoms with E-state index in [0.29, 0.717) is 0 Å². The molecule has 5 nitrogen and oxygen atoms in total. The molecule has 134 valence electrons. The van der Waals surface area contributed by atoms with Crippen LogP contribution in [0.15, 0.2) is 29.2 Å². The van der Waals surface area contributed by atoms with Gasteiger partial charge >= 0.3 is 12.1 Å². The maximum absolute atomic E-state index is 12.8. The van der Waals surface area contributed by atoms with Crippen LogP contribution in [-0.4, -0.2) is 44.6 Å². The zero-order valence-electron chi connectivity index (χ0n) is 13.0. The lowest BCUT2D eigenvalue weighted by Gasteiger charge is -2.32. The van der Waals surface area contributed by atoms with Crippen molar-refractivity contribution in [3.63, 3.8) is 0 Å². The first-order valence-electron chi connectivity index (χ1n) is 7.50. The summed E-state index contributed by atoms with van der Waals surface area (Å²) in [5.41, 5.74) is 0.183. The number of alkyl halides is 3. The van der Waals surface area contributed by atoms with E-state index in [4.69, 9.17) is 4.74 Å². The number of ether oxygens (including phenoxy) is 1. The van der Waals surface area contributed by atoms with Crippen LogP contribution >= 0.6 is 0 Å². The molecule has 1 aliphatic heterocycles. The number of nitrogens with zero attached hydrogens (tertiary/aromatic N) is 1. The Kier molecular flexibility index (Phi) is 5.54. The van der Waals surface area contributed by atoms with Gasteiger partial charge < -0.3 is 4.74 Å². The normalized spacial score (nSPS) is 19.9. The number of hydrogen-bond acceptors (Lipinski definition) is 4. The Morgan fingerprint density at radius 1 is 1.29 bits per heavy atom. The standard InChI is InChI=1S/C15H18F3NO4S/c1-2-23-14(20)11-5-7-13(8-6-11)24(21,22)19-9-3-4-12(10-19)15(16,17)18/h5-8,12H,2-4,9-10H2,1H3/t12-/m0/s1. The quantitative estimate of drug-likeness (QED) is 0.770. The minimum Gasteiger partial charge on any atom is -0.462 e. The van der Waals surface area contributed by atoms with Crippen LogP contribution in [0.25, 0.3) is 0 Å². The van der Waals surface area contributed by atoms with Gasteiger partial charge in [-0.2, -0.15) is 17.5 Å². The van der Waals surface area contributed by atoms with Crippen LogP contribution in [0.2, 0.25) is 0 Å². The van der Waals surface area contributed by atoms with E-state index in [0.717, 1.165) is 4.31 Å². The lowest BCUT2D eigenvalue weighted by atomic mass is 9.99.